The first-order valence-corrected chi connectivity index (χ1v) is 7.21. The van der Waals surface area contributed by atoms with E-state index < -0.39 is 0 Å². The molecule has 0 aromatic heterocycles. The van der Waals surface area contributed by atoms with Crippen LogP contribution in [0.2, 0.25) is 5.02 Å². The third kappa shape index (κ3) is 3.48. The summed E-state index contributed by atoms with van der Waals surface area (Å²) in [5.74, 6) is -0.0176. The van der Waals surface area contributed by atoms with E-state index in [1.807, 2.05) is 17.0 Å². The lowest BCUT2D eigenvalue weighted by molar-refractivity contribution is 0.0515. The number of hydrogen-bond donors (Lipinski definition) is 1. The molecule has 0 aliphatic carbocycles. The number of piperidine rings is 1. The van der Waals surface area contributed by atoms with Gasteiger partial charge in [-0.25, -0.2) is 0 Å². The standard InChI is InChI=1S/C15H20ClNO2/c1-11(18)10-12-6-4-5-9-17(12)15(19)13-7-2-3-8-14(13)16/h2-3,7-8,11-12,18H,4-6,9-10H2,1H3. The van der Waals surface area contributed by atoms with E-state index >= 15 is 0 Å². The summed E-state index contributed by atoms with van der Waals surface area (Å²) in [6.07, 6.45) is 3.35. The maximum Gasteiger partial charge on any atom is 0.255 e. The highest BCUT2D eigenvalue weighted by molar-refractivity contribution is 6.33. The third-order valence-corrected chi connectivity index (χ3v) is 3.94. The predicted molar refractivity (Wildman–Crippen MR) is 76.4 cm³/mol. The van der Waals surface area contributed by atoms with Gasteiger partial charge in [0, 0.05) is 12.6 Å². The minimum atomic E-state index is -0.385. The maximum atomic E-state index is 12.6. The van der Waals surface area contributed by atoms with Crippen molar-refractivity contribution in [1.82, 2.24) is 4.90 Å². The molecule has 1 aromatic rings. The summed E-state index contributed by atoms with van der Waals surface area (Å²) in [5, 5.41) is 10.1. The molecule has 1 saturated heterocycles. The van der Waals surface area contributed by atoms with E-state index in [1.165, 1.54) is 0 Å². The molecule has 0 radical (unpaired) electrons. The molecule has 0 bridgehead atoms. The van der Waals surface area contributed by atoms with Crippen molar-refractivity contribution in [2.75, 3.05) is 6.54 Å². The number of aliphatic hydroxyl groups excluding tert-OH is 1. The normalized spacial score (nSPS) is 21.2. The summed E-state index contributed by atoms with van der Waals surface area (Å²) in [6.45, 7) is 2.52. The maximum absolute atomic E-state index is 12.6. The van der Waals surface area contributed by atoms with Crippen LogP contribution in [0.5, 0.6) is 0 Å². The Bertz CT molecular complexity index is 448. The van der Waals surface area contributed by atoms with Crippen LogP contribution in [0.3, 0.4) is 0 Å². The zero-order valence-corrected chi connectivity index (χ0v) is 11.9. The van der Waals surface area contributed by atoms with Crippen molar-refractivity contribution < 1.29 is 9.90 Å². The van der Waals surface area contributed by atoms with Crippen molar-refractivity contribution in [3.05, 3.63) is 34.9 Å². The summed E-state index contributed by atoms with van der Waals surface area (Å²) in [4.78, 5) is 14.4. The van der Waals surface area contributed by atoms with Crippen LogP contribution in [0, 0.1) is 0 Å². The Balaban J connectivity index is 2.18. The Morgan fingerprint density at radius 2 is 2.21 bits per heavy atom. The number of nitrogens with zero attached hydrogens (tertiary/aromatic N) is 1. The van der Waals surface area contributed by atoms with Gasteiger partial charge in [-0.1, -0.05) is 23.7 Å². The monoisotopic (exact) mass is 281 g/mol. The molecule has 1 aliphatic heterocycles. The lowest BCUT2D eigenvalue weighted by Gasteiger charge is -2.36. The molecule has 19 heavy (non-hydrogen) atoms. The molecule has 0 spiro atoms. The number of hydrogen-bond acceptors (Lipinski definition) is 2. The Kier molecular flexibility index (Phi) is 4.83. The molecule has 1 heterocycles. The third-order valence-electron chi connectivity index (χ3n) is 3.61. The number of rotatable bonds is 3. The average molecular weight is 282 g/mol. The van der Waals surface area contributed by atoms with Crippen LogP contribution in [0.15, 0.2) is 24.3 Å². The lowest BCUT2D eigenvalue weighted by Crippen LogP contribution is -2.45. The van der Waals surface area contributed by atoms with Gasteiger partial charge in [-0.15, -0.1) is 0 Å². The highest BCUT2D eigenvalue weighted by atomic mass is 35.5. The zero-order valence-electron chi connectivity index (χ0n) is 11.2. The Labute approximate surface area is 119 Å². The van der Waals surface area contributed by atoms with Gasteiger partial charge < -0.3 is 10.0 Å². The molecular formula is C15H20ClNO2. The minimum Gasteiger partial charge on any atom is -0.393 e. The molecule has 1 aromatic carbocycles. The largest absolute Gasteiger partial charge is 0.393 e. The Morgan fingerprint density at radius 1 is 1.47 bits per heavy atom. The van der Waals surface area contributed by atoms with Gasteiger partial charge in [-0.2, -0.15) is 0 Å². The van der Waals surface area contributed by atoms with Crippen molar-refractivity contribution in [2.24, 2.45) is 0 Å². The molecule has 1 aliphatic rings. The van der Waals surface area contributed by atoms with E-state index in [-0.39, 0.29) is 18.1 Å². The van der Waals surface area contributed by atoms with Crippen molar-refractivity contribution >= 4 is 17.5 Å². The minimum absolute atomic E-state index is 0.0176. The average Bonchev–Trinajstić information content (AvgIpc) is 2.38. The first-order chi connectivity index (χ1) is 9.09. The molecule has 1 fully saturated rings. The second-order valence-corrected chi connectivity index (χ2v) is 5.62. The molecule has 4 heteroatoms. The van der Waals surface area contributed by atoms with Crippen molar-refractivity contribution in [3.8, 4) is 0 Å². The smallest absolute Gasteiger partial charge is 0.255 e. The summed E-state index contributed by atoms with van der Waals surface area (Å²) >= 11 is 6.09. The quantitative estimate of drug-likeness (QED) is 0.925. The van der Waals surface area contributed by atoms with Gasteiger partial charge in [0.2, 0.25) is 0 Å². The van der Waals surface area contributed by atoms with Crippen LogP contribution < -0.4 is 0 Å². The van der Waals surface area contributed by atoms with Gasteiger partial charge in [0.25, 0.3) is 5.91 Å². The van der Waals surface area contributed by atoms with Crippen LogP contribution in [0.1, 0.15) is 43.0 Å². The number of halogens is 1. The second-order valence-electron chi connectivity index (χ2n) is 5.21. The van der Waals surface area contributed by atoms with E-state index in [2.05, 4.69) is 0 Å². The van der Waals surface area contributed by atoms with Gasteiger partial charge in [0.15, 0.2) is 0 Å². The van der Waals surface area contributed by atoms with Crippen LogP contribution >= 0.6 is 11.6 Å². The van der Waals surface area contributed by atoms with Crippen molar-refractivity contribution in [3.63, 3.8) is 0 Å². The number of carbonyl (C=O) groups excluding carboxylic acids is 1. The fourth-order valence-electron chi connectivity index (χ4n) is 2.70. The summed E-state index contributed by atoms with van der Waals surface area (Å²) in [7, 11) is 0. The fourth-order valence-corrected chi connectivity index (χ4v) is 2.91. The molecule has 1 N–H and O–H groups in total. The van der Waals surface area contributed by atoms with E-state index in [1.54, 1.807) is 19.1 Å². The molecule has 2 rings (SSSR count). The molecule has 0 saturated carbocycles. The van der Waals surface area contributed by atoms with Crippen LogP contribution in [-0.4, -0.2) is 34.6 Å². The van der Waals surface area contributed by atoms with Crippen molar-refractivity contribution in [2.45, 2.75) is 44.8 Å². The summed E-state index contributed by atoms with van der Waals surface area (Å²) in [6, 6.07) is 7.27. The number of amides is 1. The van der Waals surface area contributed by atoms with E-state index in [4.69, 9.17) is 11.6 Å². The van der Waals surface area contributed by atoms with Crippen LogP contribution in [-0.2, 0) is 0 Å². The summed E-state index contributed by atoms with van der Waals surface area (Å²) in [5.41, 5.74) is 0.557. The second kappa shape index (κ2) is 6.40. The Morgan fingerprint density at radius 3 is 2.89 bits per heavy atom. The van der Waals surface area contributed by atoms with E-state index in [0.29, 0.717) is 17.0 Å². The topological polar surface area (TPSA) is 40.5 Å². The van der Waals surface area contributed by atoms with Crippen molar-refractivity contribution in [1.29, 1.82) is 0 Å². The van der Waals surface area contributed by atoms with E-state index in [9.17, 15) is 9.90 Å². The fraction of sp³-hybridized carbons (Fsp3) is 0.533. The van der Waals surface area contributed by atoms with E-state index in [0.717, 1.165) is 25.8 Å². The highest BCUT2D eigenvalue weighted by Gasteiger charge is 2.29. The molecule has 104 valence electrons. The van der Waals surface area contributed by atoms with Crippen LogP contribution in [0.25, 0.3) is 0 Å². The number of benzene rings is 1. The van der Waals surface area contributed by atoms with Gasteiger partial charge in [0.1, 0.15) is 0 Å². The summed E-state index contributed by atoms with van der Waals surface area (Å²) < 4.78 is 0. The molecule has 1 amide bonds. The zero-order chi connectivity index (χ0) is 13.8. The van der Waals surface area contributed by atoms with Crippen LogP contribution in [0.4, 0.5) is 0 Å². The Hall–Kier alpha value is -1.06. The van der Waals surface area contributed by atoms with Gasteiger partial charge in [0.05, 0.1) is 16.7 Å². The first kappa shape index (κ1) is 14.4. The number of carbonyl (C=O) groups is 1. The molecule has 2 unspecified atom stereocenters. The van der Waals surface area contributed by atoms with Gasteiger partial charge in [-0.3, -0.25) is 4.79 Å². The lowest BCUT2D eigenvalue weighted by atomic mass is 9.96. The molecule has 2 atom stereocenters. The van der Waals surface area contributed by atoms with Gasteiger partial charge >= 0.3 is 0 Å². The SMILES string of the molecule is CC(O)CC1CCCCN1C(=O)c1ccccc1Cl. The molecule has 3 nitrogen and oxygen atoms in total. The predicted octanol–water partition coefficient (Wildman–Crippen LogP) is 3.11. The number of aliphatic hydroxyl groups is 1. The molecular weight excluding hydrogens is 262 g/mol. The first-order valence-electron chi connectivity index (χ1n) is 6.83. The van der Waals surface area contributed by atoms with Gasteiger partial charge in [-0.05, 0) is 44.7 Å². The number of likely N-dealkylation sites (tertiary alicyclic amines) is 1. The highest BCUT2D eigenvalue weighted by Crippen LogP contribution is 2.25.